The lowest BCUT2D eigenvalue weighted by atomic mass is 10.0. The first-order valence-corrected chi connectivity index (χ1v) is 13.5. The standard InChI is InChI=1S/C27H27ClN6O3S/c1-16(35)29-18-4-3-5-20(14-18)37-26-24-23(10-13-38-24)32-27(33-26)31-19-6-7-21(22(28)15-19)25(36)30-17-8-11-34(2)12-9-17/h3-7,10,13-15,17H,8-9,11-12H2,1-2H3,(H,29,35)(H,30,36)(H,31,32,33). The molecule has 2 amide bonds. The highest BCUT2D eigenvalue weighted by Gasteiger charge is 2.20. The van der Waals surface area contributed by atoms with Crippen molar-refractivity contribution in [2.45, 2.75) is 25.8 Å². The molecule has 0 radical (unpaired) electrons. The van der Waals surface area contributed by atoms with Crippen molar-refractivity contribution in [1.82, 2.24) is 20.2 Å². The number of carbonyl (C=O) groups is 2. The van der Waals surface area contributed by atoms with Crippen LogP contribution in [0.5, 0.6) is 11.6 Å². The number of thiophene rings is 1. The lowest BCUT2D eigenvalue weighted by Gasteiger charge is -2.29. The first-order valence-electron chi connectivity index (χ1n) is 12.2. The lowest BCUT2D eigenvalue weighted by Crippen LogP contribution is -2.43. The minimum Gasteiger partial charge on any atom is -0.437 e. The lowest BCUT2D eigenvalue weighted by molar-refractivity contribution is -0.114. The summed E-state index contributed by atoms with van der Waals surface area (Å²) in [5.74, 6) is 0.888. The van der Waals surface area contributed by atoms with Crippen molar-refractivity contribution in [2.24, 2.45) is 0 Å². The zero-order valence-electron chi connectivity index (χ0n) is 21.0. The van der Waals surface area contributed by atoms with E-state index in [1.165, 1.54) is 18.3 Å². The summed E-state index contributed by atoms with van der Waals surface area (Å²) in [7, 11) is 2.08. The van der Waals surface area contributed by atoms with Crippen LogP contribution in [0.25, 0.3) is 10.2 Å². The second kappa shape index (κ2) is 11.3. The van der Waals surface area contributed by atoms with Crippen LogP contribution in [0, 0.1) is 0 Å². The number of hydrogen-bond donors (Lipinski definition) is 3. The van der Waals surface area contributed by atoms with Gasteiger partial charge in [-0.3, -0.25) is 9.59 Å². The van der Waals surface area contributed by atoms with Crippen LogP contribution in [-0.2, 0) is 4.79 Å². The van der Waals surface area contributed by atoms with E-state index in [1.54, 1.807) is 42.5 Å². The minimum absolute atomic E-state index is 0.149. The zero-order chi connectivity index (χ0) is 26.6. The Morgan fingerprint density at radius 2 is 1.89 bits per heavy atom. The Balaban J connectivity index is 1.33. The third-order valence-electron chi connectivity index (χ3n) is 6.17. The van der Waals surface area contributed by atoms with Crippen molar-refractivity contribution in [3.05, 3.63) is 64.5 Å². The molecule has 4 aromatic rings. The van der Waals surface area contributed by atoms with Crippen molar-refractivity contribution in [3.8, 4) is 11.6 Å². The van der Waals surface area contributed by atoms with Gasteiger partial charge in [0.05, 0.1) is 16.1 Å². The SMILES string of the molecule is CC(=O)Nc1cccc(Oc2nc(Nc3ccc(C(=O)NC4CCN(C)CC4)c(Cl)c3)nc3ccsc23)c1. The second-order valence-electron chi connectivity index (χ2n) is 9.17. The van der Waals surface area contributed by atoms with Crippen molar-refractivity contribution in [2.75, 3.05) is 30.8 Å². The van der Waals surface area contributed by atoms with E-state index >= 15 is 0 Å². The number of amides is 2. The third kappa shape index (κ3) is 6.21. The molecule has 196 valence electrons. The molecule has 1 fully saturated rings. The van der Waals surface area contributed by atoms with E-state index in [4.69, 9.17) is 16.3 Å². The predicted molar refractivity (Wildman–Crippen MR) is 151 cm³/mol. The highest BCUT2D eigenvalue weighted by atomic mass is 35.5. The maximum atomic E-state index is 12.8. The summed E-state index contributed by atoms with van der Waals surface area (Å²) in [5.41, 5.74) is 2.41. The van der Waals surface area contributed by atoms with Gasteiger partial charge in [-0.1, -0.05) is 17.7 Å². The van der Waals surface area contributed by atoms with Gasteiger partial charge in [0, 0.05) is 30.4 Å². The van der Waals surface area contributed by atoms with Crippen molar-refractivity contribution in [1.29, 1.82) is 0 Å². The molecule has 1 saturated heterocycles. The molecule has 0 saturated carbocycles. The van der Waals surface area contributed by atoms with Gasteiger partial charge in [-0.2, -0.15) is 4.98 Å². The van der Waals surface area contributed by atoms with Gasteiger partial charge < -0.3 is 25.6 Å². The van der Waals surface area contributed by atoms with Gasteiger partial charge >= 0.3 is 0 Å². The number of halogens is 1. The van der Waals surface area contributed by atoms with Crippen LogP contribution in [0.4, 0.5) is 17.3 Å². The third-order valence-corrected chi connectivity index (χ3v) is 7.37. The Morgan fingerprint density at radius 1 is 1.08 bits per heavy atom. The fraction of sp³-hybridized carbons (Fsp3) is 0.259. The molecule has 3 N–H and O–H groups in total. The molecule has 0 atom stereocenters. The fourth-order valence-corrected chi connectivity index (χ4v) is 5.26. The topological polar surface area (TPSA) is 108 Å². The van der Waals surface area contributed by atoms with Gasteiger partial charge in [-0.05, 0) is 74.8 Å². The number of likely N-dealkylation sites (tertiary alicyclic amines) is 1. The van der Waals surface area contributed by atoms with E-state index in [-0.39, 0.29) is 17.9 Å². The number of aromatic nitrogens is 2. The van der Waals surface area contributed by atoms with Crippen molar-refractivity contribution < 1.29 is 14.3 Å². The zero-order valence-corrected chi connectivity index (χ0v) is 22.5. The van der Waals surface area contributed by atoms with E-state index in [1.807, 2.05) is 11.4 Å². The van der Waals surface area contributed by atoms with E-state index in [0.717, 1.165) is 36.1 Å². The molecule has 1 aliphatic heterocycles. The number of nitrogens with one attached hydrogen (secondary N) is 3. The van der Waals surface area contributed by atoms with Crippen LogP contribution in [0.3, 0.4) is 0 Å². The molecule has 3 heterocycles. The van der Waals surface area contributed by atoms with Gasteiger partial charge in [0.15, 0.2) is 0 Å². The number of benzene rings is 2. The number of ether oxygens (including phenoxy) is 1. The van der Waals surface area contributed by atoms with E-state index in [2.05, 4.69) is 37.9 Å². The number of nitrogens with zero attached hydrogens (tertiary/aromatic N) is 3. The molecular weight excluding hydrogens is 524 g/mol. The molecule has 9 nitrogen and oxygen atoms in total. The number of anilines is 3. The maximum Gasteiger partial charge on any atom is 0.253 e. The largest absolute Gasteiger partial charge is 0.437 e. The summed E-state index contributed by atoms with van der Waals surface area (Å²) in [6.07, 6.45) is 1.84. The Kier molecular flexibility index (Phi) is 7.73. The molecule has 0 bridgehead atoms. The molecule has 38 heavy (non-hydrogen) atoms. The van der Waals surface area contributed by atoms with E-state index in [9.17, 15) is 9.59 Å². The van der Waals surface area contributed by atoms with E-state index < -0.39 is 0 Å². The summed E-state index contributed by atoms with van der Waals surface area (Å²) >= 11 is 7.96. The maximum absolute atomic E-state index is 12.8. The predicted octanol–water partition coefficient (Wildman–Crippen LogP) is 5.66. The molecule has 2 aromatic heterocycles. The fourth-order valence-electron chi connectivity index (χ4n) is 4.24. The molecule has 1 aliphatic rings. The molecule has 5 rings (SSSR count). The van der Waals surface area contributed by atoms with Gasteiger partial charge in [-0.15, -0.1) is 11.3 Å². The molecule has 0 unspecified atom stereocenters. The van der Waals surface area contributed by atoms with Crippen molar-refractivity contribution >= 4 is 62.3 Å². The summed E-state index contributed by atoms with van der Waals surface area (Å²) < 4.78 is 6.88. The Labute approximate surface area is 229 Å². The molecule has 2 aromatic carbocycles. The normalized spacial score (nSPS) is 14.3. The second-order valence-corrected chi connectivity index (χ2v) is 10.5. The summed E-state index contributed by atoms with van der Waals surface area (Å²) in [6.45, 7) is 3.37. The first-order chi connectivity index (χ1) is 18.3. The molecule has 0 aliphatic carbocycles. The summed E-state index contributed by atoms with van der Waals surface area (Å²) in [5, 5.41) is 11.3. The van der Waals surface area contributed by atoms with Gasteiger partial charge in [0.1, 0.15) is 10.4 Å². The minimum atomic E-state index is -0.177. The molecule has 0 spiro atoms. The van der Waals surface area contributed by atoms with Crippen LogP contribution >= 0.6 is 22.9 Å². The van der Waals surface area contributed by atoms with Crippen LogP contribution in [-0.4, -0.2) is 52.9 Å². The Hall–Kier alpha value is -3.73. The number of rotatable bonds is 7. The summed E-state index contributed by atoms with van der Waals surface area (Å²) in [6, 6.07) is 14.3. The van der Waals surface area contributed by atoms with Crippen LogP contribution in [0.1, 0.15) is 30.1 Å². The van der Waals surface area contributed by atoms with Crippen LogP contribution < -0.4 is 20.7 Å². The van der Waals surface area contributed by atoms with Gasteiger partial charge in [0.25, 0.3) is 5.91 Å². The molecular formula is C27H27ClN6O3S. The average molecular weight is 551 g/mol. The van der Waals surface area contributed by atoms with Gasteiger partial charge in [-0.25, -0.2) is 4.98 Å². The Morgan fingerprint density at radius 3 is 2.66 bits per heavy atom. The van der Waals surface area contributed by atoms with Crippen LogP contribution in [0.15, 0.2) is 53.9 Å². The highest BCUT2D eigenvalue weighted by molar-refractivity contribution is 7.17. The van der Waals surface area contributed by atoms with E-state index in [0.29, 0.717) is 39.5 Å². The Bertz CT molecular complexity index is 1480. The highest BCUT2D eigenvalue weighted by Crippen LogP contribution is 2.34. The number of piperidine rings is 1. The average Bonchev–Trinajstić information content (AvgIpc) is 3.34. The monoisotopic (exact) mass is 550 g/mol. The number of fused-ring (bicyclic) bond motifs is 1. The smallest absolute Gasteiger partial charge is 0.253 e. The quantitative estimate of drug-likeness (QED) is 0.272. The van der Waals surface area contributed by atoms with Crippen molar-refractivity contribution in [3.63, 3.8) is 0 Å². The van der Waals surface area contributed by atoms with Crippen LogP contribution in [0.2, 0.25) is 5.02 Å². The number of hydrogen-bond acceptors (Lipinski definition) is 8. The summed E-state index contributed by atoms with van der Waals surface area (Å²) in [4.78, 5) is 35.6. The van der Waals surface area contributed by atoms with Gasteiger partial charge in [0.2, 0.25) is 17.7 Å². The first kappa shape index (κ1) is 25.9. The molecule has 11 heteroatoms. The number of carbonyl (C=O) groups excluding carboxylic acids is 2.